The Bertz CT molecular complexity index is 2100. The van der Waals surface area contributed by atoms with Crippen molar-refractivity contribution >= 4 is 5.91 Å². The highest BCUT2D eigenvalue weighted by molar-refractivity contribution is 5.76. The first kappa shape index (κ1) is 107. The number of allylic oxidation sites excluding steroid dienone is 1. The van der Waals surface area contributed by atoms with Gasteiger partial charge in [-0.25, -0.2) is 0 Å². The third-order valence-corrected chi connectivity index (χ3v) is 24.8. The minimum absolute atomic E-state index is 0.251. The predicted molar refractivity (Wildman–Crippen MR) is 462 cm³/mol. The Morgan fingerprint density at radius 1 is 0.307 bits per heavy atom. The number of aliphatic hydroxyl groups excluding tert-OH is 11. The minimum atomic E-state index is -1.98. The summed E-state index contributed by atoms with van der Waals surface area (Å²) in [7, 11) is 0. The molecule has 0 radical (unpaired) electrons. The first-order valence-electron chi connectivity index (χ1n) is 48.9. The molecule has 114 heavy (non-hydrogen) atoms. The van der Waals surface area contributed by atoms with Crippen molar-refractivity contribution in [2.45, 2.75) is 561 Å². The van der Waals surface area contributed by atoms with Gasteiger partial charge in [0.15, 0.2) is 18.9 Å². The topological polar surface area (TPSA) is 307 Å². The summed E-state index contributed by atoms with van der Waals surface area (Å²) < 4.78 is 34.6. The van der Waals surface area contributed by atoms with Gasteiger partial charge in [-0.2, -0.15) is 0 Å². The predicted octanol–water partition coefficient (Wildman–Crippen LogP) is 19.8. The van der Waals surface area contributed by atoms with E-state index in [9.17, 15) is 61.0 Å². The molecule has 17 unspecified atom stereocenters. The Morgan fingerprint density at radius 2 is 0.544 bits per heavy atom. The average Bonchev–Trinajstić information content (AvgIpc) is 0.783. The molecule has 676 valence electrons. The van der Waals surface area contributed by atoms with E-state index in [4.69, 9.17) is 28.4 Å². The summed E-state index contributed by atoms with van der Waals surface area (Å²) >= 11 is 0. The van der Waals surface area contributed by atoms with Crippen molar-refractivity contribution in [3.8, 4) is 0 Å². The van der Waals surface area contributed by atoms with Crippen LogP contribution in [-0.4, -0.2) is 193 Å². The van der Waals surface area contributed by atoms with E-state index < -0.39 is 124 Å². The molecule has 3 rings (SSSR count). The molecule has 12 N–H and O–H groups in total. The monoisotopic (exact) mass is 1630 g/mol. The molecule has 3 aliphatic heterocycles. The number of carbonyl (C=O) groups excluding carboxylic acids is 1. The lowest BCUT2D eigenvalue weighted by molar-refractivity contribution is -0.379. The van der Waals surface area contributed by atoms with Gasteiger partial charge in [-0.15, -0.1) is 0 Å². The van der Waals surface area contributed by atoms with Gasteiger partial charge in [-0.05, 0) is 19.3 Å². The van der Waals surface area contributed by atoms with Gasteiger partial charge in [0.2, 0.25) is 5.91 Å². The molecule has 0 aromatic carbocycles. The van der Waals surface area contributed by atoms with Crippen LogP contribution in [0, 0.1) is 0 Å². The Labute approximate surface area is 696 Å². The van der Waals surface area contributed by atoms with E-state index >= 15 is 0 Å². The van der Waals surface area contributed by atoms with E-state index in [0.29, 0.717) is 6.42 Å². The van der Waals surface area contributed by atoms with Crippen LogP contribution in [-0.2, 0) is 33.2 Å². The molecular formula is C95H183NO18. The molecule has 0 spiro atoms. The third-order valence-electron chi connectivity index (χ3n) is 24.8. The number of ether oxygens (including phenoxy) is 6. The van der Waals surface area contributed by atoms with Crippen molar-refractivity contribution in [2.24, 2.45) is 0 Å². The lowest BCUT2D eigenvalue weighted by Gasteiger charge is -2.48. The molecule has 3 fully saturated rings. The Hall–Kier alpha value is -1.47. The summed E-state index contributed by atoms with van der Waals surface area (Å²) in [6.07, 6.45) is 68.3. The summed E-state index contributed by atoms with van der Waals surface area (Å²) in [6, 6.07) is -0.972. The molecule has 0 saturated carbocycles. The first-order chi connectivity index (χ1) is 55.8. The number of nitrogens with one attached hydrogen (secondary N) is 1. The standard InChI is InChI=1S/C95H183NO18/c1-3-5-7-9-11-13-15-17-19-21-23-25-27-29-31-33-35-36-37-38-39-40-41-43-45-47-49-51-53-55-57-59-61-63-65-67-69-71-73-83(101)96-78(79(100)72-70-68-66-64-62-60-58-56-54-52-50-48-46-44-42-34-32-30-28-26-24-22-20-18-16-14-12-10-8-6-4-2)77-109-93-89(107)86(104)91(81(75-98)111-93)114-95-90(108)87(105)92(82(76-99)112-95)113-94-88(106)85(103)84(102)80(74-97)110-94/h70,72,78-82,84-95,97-100,102-108H,3-69,71,73-77H2,1-2H3,(H,96,101)/b72-70+. The maximum atomic E-state index is 13.5. The van der Waals surface area contributed by atoms with Crippen LogP contribution in [0.25, 0.3) is 0 Å². The van der Waals surface area contributed by atoms with Crippen molar-refractivity contribution < 1.29 is 89.4 Å². The van der Waals surface area contributed by atoms with Crippen molar-refractivity contribution in [1.29, 1.82) is 0 Å². The van der Waals surface area contributed by atoms with E-state index in [1.807, 2.05) is 6.08 Å². The number of unbranched alkanes of at least 4 members (excludes halogenated alkanes) is 66. The lowest BCUT2D eigenvalue weighted by atomic mass is 9.96. The van der Waals surface area contributed by atoms with E-state index in [0.717, 1.165) is 44.9 Å². The van der Waals surface area contributed by atoms with Gasteiger partial charge < -0.3 is 89.9 Å². The molecule has 19 heteroatoms. The van der Waals surface area contributed by atoms with E-state index in [1.54, 1.807) is 6.08 Å². The third kappa shape index (κ3) is 52.8. The molecule has 3 saturated heterocycles. The molecule has 0 bridgehead atoms. The van der Waals surface area contributed by atoms with Crippen LogP contribution < -0.4 is 5.32 Å². The van der Waals surface area contributed by atoms with Gasteiger partial charge in [0.05, 0.1) is 38.6 Å². The number of hydrogen-bond donors (Lipinski definition) is 12. The van der Waals surface area contributed by atoms with Gasteiger partial charge in [0.25, 0.3) is 0 Å². The molecule has 0 aliphatic carbocycles. The second-order valence-electron chi connectivity index (χ2n) is 35.3. The smallest absolute Gasteiger partial charge is 0.220 e. The quantitative estimate of drug-likeness (QED) is 0.0199. The zero-order valence-electron chi connectivity index (χ0n) is 73.4. The van der Waals surface area contributed by atoms with Gasteiger partial charge in [0.1, 0.15) is 73.2 Å². The molecule has 3 aliphatic rings. The average molecular weight is 1630 g/mol. The molecule has 17 atom stereocenters. The van der Waals surface area contributed by atoms with Gasteiger partial charge in [-0.3, -0.25) is 4.79 Å². The van der Waals surface area contributed by atoms with Crippen LogP contribution in [0.2, 0.25) is 0 Å². The van der Waals surface area contributed by atoms with E-state index in [2.05, 4.69) is 19.2 Å². The fourth-order valence-electron chi connectivity index (χ4n) is 17.1. The summed E-state index contributed by atoms with van der Waals surface area (Å²) in [5, 5.41) is 121. The Morgan fingerprint density at radius 3 is 0.825 bits per heavy atom. The van der Waals surface area contributed by atoms with Crippen LogP contribution in [0.1, 0.15) is 457 Å². The van der Waals surface area contributed by atoms with Crippen molar-refractivity contribution in [1.82, 2.24) is 5.32 Å². The normalized spacial score (nSPS) is 24.7. The first-order valence-corrected chi connectivity index (χ1v) is 48.9. The highest BCUT2D eigenvalue weighted by Gasteiger charge is 2.54. The minimum Gasteiger partial charge on any atom is -0.394 e. The van der Waals surface area contributed by atoms with Crippen LogP contribution >= 0.6 is 0 Å². The summed E-state index contributed by atoms with van der Waals surface area (Å²) in [5.74, 6) is -0.263. The van der Waals surface area contributed by atoms with Crippen molar-refractivity contribution in [2.75, 3.05) is 26.4 Å². The summed E-state index contributed by atoms with van der Waals surface area (Å²) in [6.45, 7) is 1.83. The summed E-state index contributed by atoms with van der Waals surface area (Å²) in [5.41, 5.74) is 0. The van der Waals surface area contributed by atoms with Crippen molar-refractivity contribution in [3.05, 3.63) is 12.2 Å². The largest absolute Gasteiger partial charge is 0.394 e. The van der Waals surface area contributed by atoms with E-state index in [-0.39, 0.29) is 18.9 Å². The van der Waals surface area contributed by atoms with Crippen LogP contribution in [0.15, 0.2) is 12.2 Å². The van der Waals surface area contributed by atoms with Gasteiger partial charge in [0, 0.05) is 6.42 Å². The van der Waals surface area contributed by atoms with Gasteiger partial charge in [-0.1, -0.05) is 443 Å². The maximum absolute atomic E-state index is 13.5. The fourth-order valence-corrected chi connectivity index (χ4v) is 17.1. The SMILES string of the molecule is CCCCCCCCCCCCCCCCCCCCCCCCCCCCCCC/C=C/C(O)C(COC1OC(CO)C(OC2OC(CO)C(OC3OC(CO)C(O)C(O)C3O)C(O)C2O)C(O)C1O)NC(=O)CCCCCCCCCCCCCCCCCCCCCCCCCCCCCCCCCCCCCCCC. The van der Waals surface area contributed by atoms with Crippen LogP contribution in [0.3, 0.4) is 0 Å². The number of amides is 1. The second kappa shape index (κ2) is 75.3. The lowest BCUT2D eigenvalue weighted by Crippen LogP contribution is -2.66. The zero-order chi connectivity index (χ0) is 82.4. The molecule has 0 aromatic rings. The Balaban J connectivity index is 1.29. The van der Waals surface area contributed by atoms with Crippen LogP contribution in [0.4, 0.5) is 0 Å². The Kier molecular flexibility index (Phi) is 70.5. The molecule has 0 aromatic heterocycles. The molecule has 1 amide bonds. The molecule has 19 nitrogen and oxygen atoms in total. The highest BCUT2D eigenvalue weighted by Crippen LogP contribution is 2.34. The highest BCUT2D eigenvalue weighted by atomic mass is 16.8. The molecule has 3 heterocycles. The number of hydrogen-bond acceptors (Lipinski definition) is 18. The second-order valence-corrected chi connectivity index (χ2v) is 35.3. The number of carbonyl (C=O) groups is 1. The fraction of sp³-hybridized carbons (Fsp3) is 0.968. The maximum Gasteiger partial charge on any atom is 0.220 e. The summed E-state index contributed by atoms with van der Waals surface area (Å²) in [4.78, 5) is 13.5. The van der Waals surface area contributed by atoms with Crippen molar-refractivity contribution in [3.63, 3.8) is 0 Å². The van der Waals surface area contributed by atoms with Crippen LogP contribution in [0.5, 0.6) is 0 Å². The number of rotatable bonds is 82. The van der Waals surface area contributed by atoms with Gasteiger partial charge >= 0.3 is 0 Å². The molecular weight excluding hydrogens is 1440 g/mol. The van der Waals surface area contributed by atoms with E-state index in [1.165, 1.54) is 385 Å². The zero-order valence-corrected chi connectivity index (χ0v) is 73.4. The number of aliphatic hydroxyl groups is 11.